The molecule has 0 rings (SSSR count). The van der Waals surface area contributed by atoms with E-state index in [4.69, 9.17) is 14.2 Å². The minimum absolute atomic E-state index is 0.138. The van der Waals surface area contributed by atoms with Gasteiger partial charge in [-0.1, -0.05) is 195 Å². The smallest absolute Gasteiger partial charge is 0.306 e. The summed E-state index contributed by atoms with van der Waals surface area (Å²) in [6.07, 6.45) is 64.2. The minimum Gasteiger partial charge on any atom is -0.462 e. The lowest BCUT2D eigenvalue weighted by molar-refractivity contribution is -0.166. The van der Waals surface area contributed by atoms with Gasteiger partial charge in [0.2, 0.25) is 0 Å². The van der Waals surface area contributed by atoms with Gasteiger partial charge < -0.3 is 14.2 Å². The largest absolute Gasteiger partial charge is 0.462 e. The molecular weight excluding hydrogens is 757 g/mol. The highest BCUT2D eigenvalue weighted by atomic mass is 16.6. The molecule has 6 heteroatoms. The van der Waals surface area contributed by atoms with Crippen molar-refractivity contribution in [3.63, 3.8) is 0 Å². The third kappa shape index (κ3) is 47.2. The van der Waals surface area contributed by atoms with Crippen molar-refractivity contribution in [2.75, 3.05) is 13.2 Å². The fourth-order valence-corrected chi connectivity index (χ4v) is 6.36. The second kappa shape index (κ2) is 49.0. The van der Waals surface area contributed by atoms with Crippen LogP contribution in [0.1, 0.15) is 213 Å². The Labute approximate surface area is 375 Å². The Morgan fingerprint density at radius 1 is 0.344 bits per heavy atom. The number of unbranched alkanes of at least 4 members (excludes halogenated alkanes) is 16. The molecule has 0 radical (unpaired) electrons. The third-order valence-electron chi connectivity index (χ3n) is 10.1. The zero-order valence-electron chi connectivity index (χ0n) is 39.4. The van der Waals surface area contributed by atoms with Crippen molar-refractivity contribution in [1.29, 1.82) is 0 Å². The molecule has 0 bridgehead atoms. The second-order valence-corrected chi connectivity index (χ2v) is 16.0. The molecule has 0 aromatic carbocycles. The van der Waals surface area contributed by atoms with Gasteiger partial charge in [-0.25, -0.2) is 0 Å². The van der Waals surface area contributed by atoms with Gasteiger partial charge in [0.1, 0.15) is 13.2 Å². The highest BCUT2D eigenvalue weighted by molar-refractivity contribution is 5.71. The lowest BCUT2D eigenvalue weighted by Crippen LogP contribution is -2.30. The van der Waals surface area contributed by atoms with Crippen LogP contribution < -0.4 is 0 Å². The van der Waals surface area contributed by atoms with Crippen LogP contribution in [0, 0.1) is 0 Å². The van der Waals surface area contributed by atoms with E-state index >= 15 is 0 Å². The molecule has 0 N–H and O–H groups in total. The summed E-state index contributed by atoms with van der Waals surface area (Å²) >= 11 is 0. The zero-order valence-corrected chi connectivity index (χ0v) is 39.4. The van der Waals surface area contributed by atoms with Crippen molar-refractivity contribution >= 4 is 17.9 Å². The Morgan fingerprint density at radius 3 is 1.08 bits per heavy atom. The van der Waals surface area contributed by atoms with E-state index in [1.165, 1.54) is 83.5 Å². The van der Waals surface area contributed by atoms with E-state index in [-0.39, 0.29) is 50.4 Å². The topological polar surface area (TPSA) is 78.9 Å². The van der Waals surface area contributed by atoms with Crippen LogP contribution in [0.2, 0.25) is 0 Å². The molecule has 61 heavy (non-hydrogen) atoms. The summed E-state index contributed by atoms with van der Waals surface area (Å²) in [6, 6.07) is 0. The quantitative estimate of drug-likeness (QED) is 0.0263. The van der Waals surface area contributed by atoms with Gasteiger partial charge in [0.15, 0.2) is 6.10 Å². The fraction of sp³-hybridized carbons (Fsp3) is 0.655. The van der Waals surface area contributed by atoms with Crippen molar-refractivity contribution in [3.05, 3.63) is 97.2 Å². The van der Waals surface area contributed by atoms with Gasteiger partial charge in [0, 0.05) is 19.3 Å². The second-order valence-electron chi connectivity index (χ2n) is 16.0. The van der Waals surface area contributed by atoms with Crippen molar-refractivity contribution in [1.82, 2.24) is 0 Å². The first-order chi connectivity index (χ1) is 30.0. The molecule has 0 aromatic heterocycles. The molecular formula is C55H90O6. The predicted molar refractivity (Wildman–Crippen MR) is 260 cm³/mol. The Morgan fingerprint density at radius 2 is 0.672 bits per heavy atom. The summed E-state index contributed by atoms with van der Waals surface area (Å²) in [4.78, 5) is 37.8. The number of rotatable bonds is 43. The molecule has 0 heterocycles. The molecule has 0 spiro atoms. The molecule has 0 aliphatic rings. The highest BCUT2D eigenvalue weighted by Gasteiger charge is 2.19. The molecule has 0 aromatic rings. The maximum absolute atomic E-state index is 12.8. The Balaban J connectivity index is 4.59. The van der Waals surface area contributed by atoms with E-state index in [0.717, 1.165) is 77.0 Å². The van der Waals surface area contributed by atoms with E-state index in [2.05, 4.69) is 99.8 Å². The molecule has 346 valence electrons. The van der Waals surface area contributed by atoms with Crippen LogP contribution in [0.5, 0.6) is 0 Å². The molecule has 0 saturated heterocycles. The molecule has 0 aliphatic carbocycles. The number of hydrogen-bond donors (Lipinski definition) is 0. The van der Waals surface area contributed by atoms with E-state index < -0.39 is 6.10 Å². The maximum atomic E-state index is 12.8. The van der Waals surface area contributed by atoms with Gasteiger partial charge in [-0.15, -0.1) is 0 Å². The van der Waals surface area contributed by atoms with Crippen molar-refractivity contribution < 1.29 is 28.6 Å². The fourth-order valence-electron chi connectivity index (χ4n) is 6.36. The lowest BCUT2D eigenvalue weighted by Gasteiger charge is -2.18. The van der Waals surface area contributed by atoms with E-state index in [0.29, 0.717) is 12.8 Å². The Kier molecular flexibility index (Phi) is 46.0. The normalized spacial score (nSPS) is 12.9. The van der Waals surface area contributed by atoms with E-state index in [1.807, 2.05) is 18.2 Å². The molecule has 1 unspecified atom stereocenters. The number of ether oxygens (including phenoxy) is 3. The van der Waals surface area contributed by atoms with Crippen LogP contribution in [0.4, 0.5) is 0 Å². The maximum Gasteiger partial charge on any atom is 0.306 e. The summed E-state index contributed by atoms with van der Waals surface area (Å²) < 4.78 is 16.6. The third-order valence-corrected chi connectivity index (χ3v) is 10.1. The van der Waals surface area contributed by atoms with Gasteiger partial charge >= 0.3 is 17.9 Å². The first kappa shape index (κ1) is 57.3. The van der Waals surface area contributed by atoms with Gasteiger partial charge in [0.25, 0.3) is 0 Å². The van der Waals surface area contributed by atoms with Crippen molar-refractivity contribution in [2.45, 2.75) is 219 Å². The molecule has 0 saturated carbocycles. The van der Waals surface area contributed by atoms with Crippen LogP contribution >= 0.6 is 0 Å². The average molecular weight is 847 g/mol. The van der Waals surface area contributed by atoms with E-state index in [1.54, 1.807) is 0 Å². The average Bonchev–Trinajstić information content (AvgIpc) is 3.26. The summed E-state index contributed by atoms with van der Waals surface area (Å²) in [7, 11) is 0. The summed E-state index contributed by atoms with van der Waals surface area (Å²) in [5.74, 6) is -1.11. The lowest BCUT2D eigenvalue weighted by atomic mass is 10.1. The molecule has 1 atom stereocenters. The van der Waals surface area contributed by atoms with Crippen LogP contribution in [0.15, 0.2) is 97.2 Å². The number of hydrogen-bond acceptors (Lipinski definition) is 6. The molecule has 0 fully saturated rings. The van der Waals surface area contributed by atoms with Crippen LogP contribution in [0.3, 0.4) is 0 Å². The van der Waals surface area contributed by atoms with Gasteiger partial charge in [0.05, 0.1) is 0 Å². The van der Waals surface area contributed by atoms with Crippen molar-refractivity contribution in [2.24, 2.45) is 0 Å². The number of allylic oxidation sites excluding steroid dienone is 16. The molecule has 0 amide bonds. The van der Waals surface area contributed by atoms with Crippen LogP contribution in [-0.4, -0.2) is 37.2 Å². The Bertz CT molecular complexity index is 1250. The molecule has 0 aliphatic heterocycles. The van der Waals surface area contributed by atoms with Crippen LogP contribution in [-0.2, 0) is 28.6 Å². The van der Waals surface area contributed by atoms with Crippen LogP contribution in [0.25, 0.3) is 0 Å². The number of esters is 3. The van der Waals surface area contributed by atoms with Gasteiger partial charge in [-0.3, -0.25) is 14.4 Å². The number of carbonyl (C=O) groups is 3. The Hall–Kier alpha value is -3.67. The zero-order chi connectivity index (χ0) is 44.4. The van der Waals surface area contributed by atoms with E-state index in [9.17, 15) is 14.4 Å². The number of carbonyl (C=O) groups excluding carboxylic acids is 3. The minimum atomic E-state index is -0.837. The summed E-state index contributed by atoms with van der Waals surface area (Å²) in [5, 5.41) is 0. The van der Waals surface area contributed by atoms with Gasteiger partial charge in [-0.05, 0) is 96.3 Å². The summed E-state index contributed by atoms with van der Waals surface area (Å²) in [6.45, 7) is 6.36. The SMILES string of the molecule is CC/C=C\C/C=C\C/C=C\C/C=C\C/C=C\CCC(=O)OCC(COC(=O)CC/C=C\C/C=C\CCCCCCCC)OC(=O)CCCCC/C=C\CCCCCCCCC. The first-order valence-electron chi connectivity index (χ1n) is 24.7. The van der Waals surface area contributed by atoms with Crippen molar-refractivity contribution in [3.8, 4) is 0 Å². The van der Waals surface area contributed by atoms with Gasteiger partial charge in [-0.2, -0.15) is 0 Å². The standard InChI is InChI=1S/C55H90O6/c1-4-7-10-13-16-19-22-25-27-28-31-33-36-39-42-45-48-54(57)60-51-52(50-59-53(56)47-44-41-38-35-32-29-24-21-18-15-12-9-6-3)61-55(58)49-46-43-40-37-34-30-26-23-20-17-14-11-8-5-2/h7,10,16,19,25,27,29-34,38-39,41-42,52H,4-6,8-9,11-15,17-18,20-24,26,28,35-37,40,43-51H2,1-3H3/b10-7-,19-16-,27-25-,32-29-,33-31-,34-30-,41-38-,42-39-. The predicted octanol–water partition coefficient (Wildman–Crippen LogP) is 16.2. The molecule has 6 nitrogen and oxygen atoms in total. The highest BCUT2D eigenvalue weighted by Crippen LogP contribution is 2.12. The monoisotopic (exact) mass is 847 g/mol. The first-order valence-corrected chi connectivity index (χ1v) is 24.7. The summed E-state index contributed by atoms with van der Waals surface area (Å²) in [5.41, 5.74) is 0.